The van der Waals surface area contributed by atoms with Gasteiger partial charge in [-0.3, -0.25) is 4.79 Å². The maximum absolute atomic E-state index is 11.3. The van der Waals surface area contributed by atoms with Crippen LogP contribution in [0.3, 0.4) is 0 Å². The molecule has 1 unspecified atom stereocenters. The molecular weight excluding hydrogens is 228 g/mol. The van der Waals surface area contributed by atoms with E-state index in [-0.39, 0.29) is 5.92 Å². The molecule has 90 valence electrons. The molecule has 0 fully saturated rings. The Morgan fingerprint density at radius 2 is 2.38 bits per heavy atom. The zero-order valence-electron chi connectivity index (χ0n) is 9.54. The van der Waals surface area contributed by atoms with E-state index in [2.05, 4.69) is 10.2 Å². The van der Waals surface area contributed by atoms with Gasteiger partial charge in [-0.15, -0.1) is 10.2 Å². The second kappa shape index (κ2) is 4.73. The third-order valence-electron chi connectivity index (χ3n) is 2.11. The van der Waals surface area contributed by atoms with Crippen molar-refractivity contribution in [3.63, 3.8) is 0 Å². The maximum atomic E-state index is 11.3. The van der Waals surface area contributed by atoms with Crippen LogP contribution in [0, 0.1) is 5.92 Å². The van der Waals surface area contributed by atoms with Crippen LogP contribution < -0.4 is 5.84 Å². The third kappa shape index (κ3) is 2.88. The molecule has 0 spiro atoms. The van der Waals surface area contributed by atoms with Crippen molar-refractivity contribution in [2.75, 3.05) is 5.84 Å². The van der Waals surface area contributed by atoms with Gasteiger partial charge in [0.05, 0.1) is 0 Å². The normalized spacial score (nSPS) is 15.0. The number of hydrogen-bond acceptors (Lipinski definition) is 5. The zero-order chi connectivity index (χ0) is 12.3. The van der Waals surface area contributed by atoms with E-state index in [0.29, 0.717) is 11.6 Å². The summed E-state index contributed by atoms with van der Waals surface area (Å²) in [7, 11) is 0. The Hall–Kier alpha value is -1.24. The summed E-state index contributed by atoms with van der Waals surface area (Å²) in [5.41, 5.74) is 0. The smallest absolute Gasteiger partial charge is 0.319 e. The fourth-order valence-electron chi connectivity index (χ4n) is 1.46. The minimum absolute atomic E-state index is 0.280. The van der Waals surface area contributed by atoms with Gasteiger partial charge < -0.3 is 10.9 Å². The highest BCUT2D eigenvalue weighted by molar-refractivity contribution is 8.01. The molecule has 1 atom stereocenters. The predicted octanol–water partition coefficient (Wildman–Crippen LogP) is 0.973. The number of carboxylic acid groups (broad SMARTS) is 1. The van der Waals surface area contributed by atoms with Gasteiger partial charge in [0.2, 0.25) is 5.16 Å². The molecule has 7 heteroatoms. The minimum atomic E-state index is -0.932. The van der Waals surface area contributed by atoms with Crippen LogP contribution in [-0.2, 0) is 4.79 Å². The summed E-state index contributed by atoms with van der Waals surface area (Å²) in [4.78, 5) is 11.3. The quantitative estimate of drug-likeness (QED) is 0.592. The largest absolute Gasteiger partial charge is 0.480 e. The fraction of sp³-hybridized carbons (Fsp3) is 0.667. The average Bonchev–Trinajstić information content (AvgIpc) is 2.50. The van der Waals surface area contributed by atoms with Gasteiger partial charge in [0.1, 0.15) is 11.1 Å². The highest BCUT2D eigenvalue weighted by atomic mass is 32.2. The molecule has 1 rings (SSSR count). The standard InChI is InChI=1S/C9H16N4O2S/c1-6(2)4-9(3,7(14)15)16-8-12-11-5-13(8)10/h5-6H,4,10H2,1-3H3,(H,14,15). The van der Waals surface area contributed by atoms with Crippen molar-refractivity contribution in [3.05, 3.63) is 6.33 Å². The maximum Gasteiger partial charge on any atom is 0.319 e. The summed E-state index contributed by atoms with van der Waals surface area (Å²) in [6.07, 6.45) is 1.89. The number of nitrogen functional groups attached to an aromatic ring is 1. The fourth-order valence-corrected chi connectivity index (χ4v) is 2.61. The SMILES string of the molecule is CC(C)CC(C)(Sc1nncn1N)C(=O)O. The molecule has 1 aromatic rings. The van der Waals surface area contributed by atoms with Gasteiger partial charge in [0.25, 0.3) is 0 Å². The molecule has 1 heterocycles. The minimum Gasteiger partial charge on any atom is -0.480 e. The van der Waals surface area contributed by atoms with Crippen LogP contribution in [0.15, 0.2) is 11.5 Å². The Morgan fingerprint density at radius 3 is 2.75 bits per heavy atom. The summed E-state index contributed by atoms with van der Waals surface area (Å²) in [5.74, 6) is 4.97. The number of hydrogen-bond donors (Lipinski definition) is 2. The van der Waals surface area contributed by atoms with Gasteiger partial charge in [-0.05, 0) is 19.3 Å². The number of carboxylic acids is 1. The van der Waals surface area contributed by atoms with E-state index in [9.17, 15) is 9.90 Å². The van der Waals surface area contributed by atoms with Crippen LogP contribution in [0.25, 0.3) is 0 Å². The molecule has 0 radical (unpaired) electrons. The molecular formula is C9H16N4O2S. The molecule has 0 amide bonds. The Balaban J connectivity index is 2.87. The summed E-state index contributed by atoms with van der Waals surface area (Å²) in [6.45, 7) is 5.64. The van der Waals surface area contributed by atoms with E-state index < -0.39 is 10.7 Å². The van der Waals surface area contributed by atoms with Crippen molar-refractivity contribution in [2.45, 2.75) is 37.1 Å². The van der Waals surface area contributed by atoms with Gasteiger partial charge in [0, 0.05) is 0 Å². The van der Waals surface area contributed by atoms with Crippen LogP contribution in [0.1, 0.15) is 27.2 Å². The van der Waals surface area contributed by atoms with E-state index >= 15 is 0 Å². The van der Waals surface area contributed by atoms with Crippen molar-refractivity contribution in [2.24, 2.45) is 5.92 Å². The topological polar surface area (TPSA) is 94.0 Å². The average molecular weight is 244 g/mol. The first-order valence-electron chi connectivity index (χ1n) is 4.92. The lowest BCUT2D eigenvalue weighted by molar-refractivity contribution is -0.139. The zero-order valence-corrected chi connectivity index (χ0v) is 10.4. The second-order valence-corrected chi connectivity index (χ2v) is 5.73. The lowest BCUT2D eigenvalue weighted by Crippen LogP contribution is -2.33. The molecule has 0 saturated heterocycles. The molecule has 3 N–H and O–H groups in total. The number of thioether (sulfide) groups is 1. The molecule has 6 nitrogen and oxygen atoms in total. The number of carbonyl (C=O) groups is 1. The highest BCUT2D eigenvalue weighted by Gasteiger charge is 2.36. The van der Waals surface area contributed by atoms with Crippen molar-refractivity contribution in [1.82, 2.24) is 14.9 Å². The van der Waals surface area contributed by atoms with Crippen LogP contribution in [0.4, 0.5) is 0 Å². The third-order valence-corrected chi connectivity index (χ3v) is 3.37. The van der Waals surface area contributed by atoms with Gasteiger partial charge >= 0.3 is 5.97 Å². The Bertz CT molecular complexity index is 379. The monoisotopic (exact) mass is 244 g/mol. The van der Waals surface area contributed by atoms with E-state index in [1.54, 1.807) is 6.92 Å². The molecule has 0 aromatic carbocycles. The Labute approximate surface area is 98.2 Å². The number of rotatable bonds is 5. The first kappa shape index (κ1) is 12.8. The molecule has 0 aliphatic rings. The van der Waals surface area contributed by atoms with Crippen molar-refractivity contribution in [1.29, 1.82) is 0 Å². The van der Waals surface area contributed by atoms with Crippen molar-refractivity contribution >= 4 is 17.7 Å². The van der Waals surface area contributed by atoms with Gasteiger partial charge in [-0.2, -0.15) is 0 Å². The summed E-state index contributed by atoms with van der Waals surface area (Å²) in [6, 6.07) is 0. The molecule has 1 aromatic heterocycles. The number of aliphatic carboxylic acids is 1. The van der Waals surface area contributed by atoms with Crippen LogP contribution in [0.2, 0.25) is 0 Å². The van der Waals surface area contributed by atoms with Gasteiger partial charge in [0.15, 0.2) is 0 Å². The van der Waals surface area contributed by atoms with Gasteiger partial charge in [-0.25, -0.2) is 4.68 Å². The van der Waals surface area contributed by atoms with E-state index in [1.165, 1.54) is 11.0 Å². The first-order valence-corrected chi connectivity index (χ1v) is 5.74. The molecule has 0 aliphatic heterocycles. The number of aromatic nitrogens is 3. The van der Waals surface area contributed by atoms with E-state index in [0.717, 1.165) is 11.8 Å². The lowest BCUT2D eigenvalue weighted by atomic mass is 9.98. The Kier molecular flexibility index (Phi) is 3.79. The van der Waals surface area contributed by atoms with E-state index in [1.807, 2.05) is 13.8 Å². The predicted molar refractivity (Wildman–Crippen MR) is 61.5 cm³/mol. The second-order valence-electron chi connectivity index (χ2n) is 4.26. The summed E-state index contributed by atoms with van der Waals surface area (Å²) >= 11 is 1.13. The van der Waals surface area contributed by atoms with Crippen LogP contribution >= 0.6 is 11.8 Å². The van der Waals surface area contributed by atoms with Crippen LogP contribution in [0.5, 0.6) is 0 Å². The summed E-state index contributed by atoms with van der Waals surface area (Å²) in [5, 5.41) is 17.1. The molecule has 0 saturated carbocycles. The molecule has 16 heavy (non-hydrogen) atoms. The lowest BCUT2D eigenvalue weighted by Gasteiger charge is -2.24. The molecule has 0 aliphatic carbocycles. The first-order chi connectivity index (χ1) is 7.35. The van der Waals surface area contributed by atoms with Crippen molar-refractivity contribution < 1.29 is 9.90 Å². The van der Waals surface area contributed by atoms with Crippen LogP contribution in [-0.4, -0.2) is 30.7 Å². The molecule has 0 bridgehead atoms. The van der Waals surface area contributed by atoms with E-state index in [4.69, 9.17) is 5.84 Å². The highest BCUT2D eigenvalue weighted by Crippen LogP contribution is 2.36. The Morgan fingerprint density at radius 1 is 1.75 bits per heavy atom. The van der Waals surface area contributed by atoms with Crippen molar-refractivity contribution in [3.8, 4) is 0 Å². The number of nitrogens with two attached hydrogens (primary N) is 1. The van der Waals surface area contributed by atoms with Gasteiger partial charge in [-0.1, -0.05) is 25.6 Å². The summed E-state index contributed by atoms with van der Waals surface area (Å²) < 4.78 is 0.296. The number of nitrogens with zero attached hydrogens (tertiary/aromatic N) is 3.